The van der Waals surface area contributed by atoms with Gasteiger partial charge in [-0.05, 0) is 53.5 Å². The zero-order chi connectivity index (χ0) is 22.2. The molecule has 1 fully saturated rings. The average Bonchev–Trinajstić information content (AvgIpc) is 3.47. The summed E-state index contributed by atoms with van der Waals surface area (Å²) in [5.74, 6) is 0.455. The molecule has 4 heterocycles. The van der Waals surface area contributed by atoms with Crippen molar-refractivity contribution in [2.75, 3.05) is 25.0 Å². The van der Waals surface area contributed by atoms with Crippen LogP contribution in [0.15, 0.2) is 35.1 Å². The van der Waals surface area contributed by atoms with E-state index >= 15 is 0 Å². The molecule has 12 heteroatoms. The zero-order valence-electron chi connectivity index (χ0n) is 17.0. The number of fused-ring (bicyclic) bond motifs is 1. The number of hydrogen-bond donors (Lipinski definition) is 1. The fourth-order valence-corrected chi connectivity index (χ4v) is 4.91. The van der Waals surface area contributed by atoms with Gasteiger partial charge < -0.3 is 5.32 Å². The fraction of sp³-hybridized carbons (Fsp3) is 0.350. The lowest BCUT2D eigenvalue weighted by Crippen LogP contribution is -2.30. The number of nitrogens with zero attached hydrogens (tertiary/aromatic N) is 7. The molecule has 0 spiro atoms. The molecule has 32 heavy (non-hydrogen) atoms. The van der Waals surface area contributed by atoms with Gasteiger partial charge in [0.1, 0.15) is 14.6 Å². The van der Waals surface area contributed by atoms with Gasteiger partial charge in [-0.2, -0.15) is 10.1 Å². The van der Waals surface area contributed by atoms with Gasteiger partial charge >= 0.3 is 0 Å². The highest BCUT2D eigenvalue weighted by atomic mass is 79.9. The lowest BCUT2D eigenvalue weighted by atomic mass is 10.2. The van der Waals surface area contributed by atoms with Crippen LogP contribution < -0.4 is 5.32 Å². The first-order valence-corrected chi connectivity index (χ1v) is 11.7. The minimum absolute atomic E-state index is 0.0284. The highest BCUT2D eigenvalue weighted by molar-refractivity contribution is 9.10. The van der Waals surface area contributed by atoms with E-state index in [2.05, 4.69) is 46.5 Å². The number of nitrogens with one attached hydrogen (secondary N) is 1. The second-order valence-corrected chi connectivity index (χ2v) is 9.52. The zero-order valence-corrected chi connectivity index (χ0v) is 19.4. The van der Waals surface area contributed by atoms with Gasteiger partial charge in [0.15, 0.2) is 5.65 Å². The van der Waals surface area contributed by atoms with E-state index in [-0.39, 0.29) is 12.6 Å². The average molecular weight is 521 g/mol. The van der Waals surface area contributed by atoms with Gasteiger partial charge in [-0.3, -0.25) is 4.90 Å². The van der Waals surface area contributed by atoms with Gasteiger partial charge in [0, 0.05) is 30.9 Å². The molecular formula is C20H19BrF2N8S. The number of hydrogen-bond acceptors (Lipinski definition) is 8. The van der Waals surface area contributed by atoms with Crippen molar-refractivity contribution in [3.63, 3.8) is 0 Å². The van der Waals surface area contributed by atoms with Gasteiger partial charge in [-0.1, -0.05) is 11.3 Å². The van der Waals surface area contributed by atoms with E-state index in [0.717, 1.165) is 33.1 Å². The number of halogens is 3. The monoisotopic (exact) mass is 520 g/mol. The van der Waals surface area contributed by atoms with Gasteiger partial charge in [0.25, 0.3) is 6.43 Å². The number of likely N-dealkylation sites (tertiary alicyclic amines) is 1. The molecule has 1 N–H and O–H groups in total. The third-order valence-electron chi connectivity index (χ3n) is 5.27. The molecule has 1 atom stereocenters. The molecular weight excluding hydrogens is 502 g/mol. The molecule has 8 nitrogen and oxygen atoms in total. The second-order valence-electron chi connectivity index (χ2n) is 7.59. The Bertz CT molecular complexity index is 1240. The minimum Gasteiger partial charge on any atom is -0.350 e. The van der Waals surface area contributed by atoms with Crippen LogP contribution in [0.1, 0.15) is 11.4 Å². The van der Waals surface area contributed by atoms with E-state index in [1.165, 1.54) is 0 Å². The summed E-state index contributed by atoms with van der Waals surface area (Å²) >= 11 is 5.03. The molecule has 0 saturated carbocycles. The highest BCUT2D eigenvalue weighted by Gasteiger charge is 2.25. The molecule has 0 aliphatic carbocycles. The second kappa shape index (κ2) is 8.75. The van der Waals surface area contributed by atoms with Gasteiger partial charge in [-0.15, -0.1) is 10.2 Å². The Morgan fingerprint density at radius 1 is 1.25 bits per heavy atom. The molecule has 0 radical (unpaired) electrons. The van der Waals surface area contributed by atoms with Crippen molar-refractivity contribution < 1.29 is 8.78 Å². The van der Waals surface area contributed by atoms with Gasteiger partial charge in [0.2, 0.25) is 5.95 Å². The predicted molar refractivity (Wildman–Crippen MR) is 122 cm³/mol. The maximum atomic E-state index is 12.6. The third-order valence-corrected chi connectivity index (χ3v) is 6.74. The number of anilines is 1. The van der Waals surface area contributed by atoms with Crippen LogP contribution in [0.25, 0.3) is 27.3 Å². The summed E-state index contributed by atoms with van der Waals surface area (Å²) in [7, 11) is 0. The predicted octanol–water partition coefficient (Wildman–Crippen LogP) is 4.16. The standard InChI is InChI=1S/C20H19BrF2N8S/c1-11-27-28-19(32-11)12-2-4-14(5-3-12)31-18-15(17(21)29-31)8-24-20(26-18)25-13-6-7-30(9-13)10-16(22)23/h2-5,8,13,16H,6-7,9-10H2,1H3,(H,24,25,26). The molecule has 1 aliphatic rings. The van der Waals surface area contributed by atoms with E-state index < -0.39 is 6.43 Å². The normalized spacial score (nSPS) is 17.0. The van der Waals surface area contributed by atoms with Crippen molar-refractivity contribution in [1.29, 1.82) is 0 Å². The quantitative estimate of drug-likeness (QED) is 0.408. The first kappa shape index (κ1) is 21.3. The summed E-state index contributed by atoms with van der Waals surface area (Å²) in [6.45, 7) is 2.90. The van der Waals surface area contributed by atoms with Crippen LogP contribution in [-0.4, -0.2) is 66.9 Å². The van der Waals surface area contributed by atoms with Crippen molar-refractivity contribution >= 4 is 44.2 Å². The Morgan fingerprint density at radius 3 is 2.78 bits per heavy atom. The summed E-state index contributed by atoms with van der Waals surface area (Å²) in [5, 5.41) is 18.7. The summed E-state index contributed by atoms with van der Waals surface area (Å²) < 4.78 is 27.7. The third kappa shape index (κ3) is 4.34. The van der Waals surface area contributed by atoms with Crippen LogP contribution in [0.2, 0.25) is 0 Å². The first-order chi connectivity index (χ1) is 15.5. The summed E-state index contributed by atoms with van der Waals surface area (Å²) in [6, 6.07) is 7.90. The summed E-state index contributed by atoms with van der Waals surface area (Å²) in [5.41, 5.74) is 2.48. The molecule has 1 unspecified atom stereocenters. The molecule has 0 bridgehead atoms. The van der Waals surface area contributed by atoms with Crippen molar-refractivity contribution in [2.45, 2.75) is 25.8 Å². The summed E-state index contributed by atoms with van der Waals surface area (Å²) in [4.78, 5) is 10.8. The van der Waals surface area contributed by atoms with E-state index in [1.807, 2.05) is 31.2 Å². The SMILES string of the molecule is Cc1nnc(-c2ccc(-n3nc(Br)c4cnc(NC5CCN(CC(F)F)C5)nc43)cc2)s1. The van der Waals surface area contributed by atoms with Gasteiger partial charge in [-0.25, -0.2) is 18.4 Å². The topological polar surface area (TPSA) is 84.6 Å². The Hall–Kier alpha value is -2.57. The van der Waals surface area contributed by atoms with E-state index in [1.54, 1.807) is 27.1 Å². The molecule has 0 amide bonds. The molecule has 1 aromatic carbocycles. The maximum Gasteiger partial charge on any atom is 0.251 e. The van der Waals surface area contributed by atoms with Gasteiger partial charge in [0.05, 0.1) is 17.6 Å². The Balaban J connectivity index is 1.39. The van der Waals surface area contributed by atoms with E-state index in [9.17, 15) is 8.78 Å². The van der Waals surface area contributed by atoms with Crippen molar-refractivity contribution in [2.24, 2.45) is 0 Å². The Kier molecular flexibility index (Phi) is 5.82. The highest BCUT2D eigenvalue weighted by Crippen LogP contribution is 2.28. The van der Waals surface area contributed by atoms with E-state index in [0.29, 0.717) is 29.3 Å². The summed E-state index contributed by atoms with van der Waals surface area (Å²) in [6.07, 6.45) is 0.155. The van der Waals surface area contributed by atoms with Crippen molar-refractivity contribution in [3.05, 3.63) is 40.1 Å². The van der Waals surface area contributed by atoms with Crippen LogP contribution in [-0.2, 0) is 0 Å². The van der Waals surface area contributed by atoms with Crippen LogP contribution in [0.4, 0.5) is 14.7 Å². The molecule has 166 valence electrons. The van der Waals surface area contributed by atoms with Crippen molar-refractivity contribution in [1.82, 2.24) is 34.8 Å². The number of aryl methyl sites for hydroxylation is 1. The van der Waals surface area contributed by atoms with Crippen molar-refractivity contribution in [3.8, 4) is 16.3 Å². The van der Waals surface area contributed by atoms with E-state index in [4.69, 9.17) is 0 Å². The number of rotatable bonds is 6. The molecule has 1 aliphatic heterocycles. The largest absolute Gasteiger partial charge is 0.350 e. The lowest BCUT2D eigenvalue weighted by molar-refractivity contribution is 0.0993. The van der Waals surface area contributed by atoms with Crippen LogP contribution in [0.5, 0.6) is 0 Å². The Labute approximate surface area is 194 Å². The molecule has 1 saturated heterocycles. The Morgan fingerprint density at radius 2 is 2.06 bits per heavy atom. The first-order valence-electron chi connectivity index (χ1n) is 10.1. The van der Waals surface area contributed by atoms with Crippen LogP contribution >= 0.6 is 27.3 Å². The minimum atomic E-state index is -2.32. The van der Waals surface area contributed by atoms with Crippen LogP contribution in [0, 0.1) is 6.92 Å². The number of benzene rings is 1. The fourth-order valence-electron chi connectivity index (χ4n) is 3.77. The maximum absolute atomic E-state index is 12.6. The van der Waals surface area contributed by atoms with Crippen LogP contribution in [0.3, 0.4) is 0 Å². The molecule has 4 aromatic rings. The smallest absolute Gasteiger partial charge is 0.251 e. The lowest BCUT2D eigenvalue weighted by Gasteiger charge is -2.16. The number of alkyl halides is 2. The number of aromatic nitrogens is 6. The molecule has 5 rings (SSSR count). The molecule has 3 aromatic heterocycles.